The van der Waals surface area contributed by atoms with Crippen LogP contribution in [-0.2, 0) is 6.54 Å². The molecule has 25 heavy (non-hydrogen) atoms. The molecule has 1 heterocycles. The molecule has 130 valence electrons. The number of aryl methyl sites for hydroxylation is 1. The SMILES string of the molecule is Cc1cccc(C(=O)NC(C)c2nc3ccccc3n2CC(C)C)c1. The molecular weight excluding hydrogens is 310 g/mol. The molecule has 4 heteroatoms. The van der Waals surface area contributed by atoms with Gasteiger partial charge in [0.1, 0.15) is 5.82 Å². The van der Waals surface area contributed by atoms with Gasteiger partial charge in [-0.1, -0.05) is 43.7 Å². The van der Waals surface area contributed by atoms with Crippen LogP contribution in [0.5, 0.6) is 0 Å². The number of carbonyl (C=O) groups is 1. The third-order valence-electron chi connectivity index (χ3n) is 4.25. The van der Waals surface area contributed by atoms with Crippen LogP contribution in [0.25, 0.3) is 11.0 Å². The van der Waals surface area contributed by atoms with Crippen LogP contribution < -0.4 is 5.32 Å². The van der Waals surface area contributed by atoms with Gasteiger partial charge in [-0.2, -0.15) is 0 Å². The van der Waals surface area contributed by atoms with Crippen LogP contribution in [0.4, 0.5) is 0 Å². The molecule has 0 aliphatic rings. The highest BCUT2D eigenvalue weighted by Crippen LogP contribution is 2.22. The highest BCUT2D eigenvalue weighted by molar-refractivity contribution is 5.94. The molecule has 0 spiro atoms. The second kappa shape index (κ2) is 7.09. The highest BCUT2D eigenvalue weighted by Gasteiger charge is 2.19. The van der Waals surface area contributed by atoms with E-state index in [4.69, 9.17) is 4.98 Å². The standard InChI is InChI=1S/C21H25N3O/c1-14(2)13-24-19-11-6-5-10-18(19)23-20(24)16(4)22-21(25)17-9-7-8-15(3)12-17/h5-12,14,16H,13H2,1-4H3,(H,22,25). The first-order chi connectivity index (χ1) is 12.0. The number of hydrogen-bond donors (Lipinski definition) is 1. The number of hydrogen-bond acceptors (Lipinski definition) is 2. The summed E-state index contributed by atoms with van der Waals surface area (Å²) in [5.74, 6) is 1.33. The number of amides is 1. The van der Waals surface area contributed by atoms with Gasteiger partial charge in [-0.05, 0) is 44.0 Å². The zero-order valence-electron chi connectivity index (χ0n) is 15.3. The summed E-state index contributed by atoms with van der Waals surface area (Å²) in [5, 5.41) is 3.09. The molecule has 0 radical (unpaired) electrons. The maximum Gasteiger partial charge on any atom is 0.251 e. The Balaban J connectivity index is 1.91. The van der Waals surface area contributed by atoms with E-state index in [0.717, 1.165) is 29.0 Å². The Bertz CT molecular complexity index is 895. The predicted octanol–water partition coefficient (Wildman–Crippen LogP) is 4.49. The number of nitrogens with one attached hydrogen (secondary N) is 1. The van der Waals surface area contributed by atoms with Crippen molar-refractivity contribution in [1.82, 2.24) is 14.9 Å². The molecule has 3 rings (SSSR count). The Morgan fingerprint density at radius 2 is 1.88 bits per heavy atom. The average molecular weight is 335 g/mol. The van der Waals surface area contributed by atoms with E-state index in [1.54, 1.807) is 0 Å². The number of benzene rings is 2. The Kier molecular flexibility index (Phi) is 4.88. The molecule has 0 aliphatic carbocycles. The van der Waals surface area contributed by atoms with E-state index in [0.29, 0.717) is 11.5 Å². The van der Waals surface area contributed by atoms with Gasteiger partial charge >= 0.3 is 0 Å². The van der Waals surface area contributed by atoms with Gasteiger partial charge in [-0.15, -0.1) is 0 Å². The van der Waals surface area contributed by atoms with Crippen LogP contribution >= 0.6 is 0 Å². The summed E-state index contributed by atoms with van der Waals surface area (Å²) in [6.07, 6.45) is 0. The fraction of sp³-hybridized carbons (Fsp3) is 0.333. The van der Waals surface area contributed by atoms with Gasteiger partial charge in [-0.3, -0.25) is 4.79 Å². The van der Waals surface area contributed by atoms with Crippen molar-refractivity contribution in [3.05, 3.63) is 65.5 Å². The lowest BCUT2D eigenvalue weighted by Crippen LogP contribution is -2.29. The summed E-state index contributed by atoms with van der Waals surface area (Å²) in [6.45, 7) is 9.23. The minimum atomic E-state index is -0.167. The van der Waals surface area contributed by atoms with Crippen molar-refractivity contribution in [2.24, 2.45) is 5.92 Å². The van der Waals surface area contributed by atoms with E-state index in [-0.39, 0.29) is 11.9 Å². The topological polar surface area (TPSA) is 46.9 Å². The molecule has 1 unspecified atom stereocenters. The van der Waals surface area contributed by atoms with E-state index in [1.807, 2.05) is 56.3 Å². The van der Waals surface area contributed by atoms with Crippen LogP contribution in [0.1, 0.15) is 48.6 Å². The van der Waals surface area contributed by atoms with Crippen molar-refractivity contribution in [3.63, 3.8) is 0 Å². The molecule has 0 fully saturated rings. The lowest BCUT2D eigenvalue weighted by Gasteiger charge is -2.18. The molecule has 1 aromatic heterocycles. The monoisotopic (exact) mass is 335 g/mol. The largest absolute Gasteiger partial charge is 0.342 e. The fourth-order valence-corrected chi connectivity index (χ4v) is 3.11. The minimum absolute atomic E-state index is 0.0700. The second-order valence-electron chi connectivity index (χ2n) is 7.03. The summed E-state index contributed by atoms with van der Waals surface area (Å²) in [4.78, 5) is 17.4. The summed E-state index contributed by atoms with van der Waals surface area (Å²) in [5.41, 5.74) is 3.84. The van der Waals surface area contributed by atoms with E-state index in [2.05, 4.69) is 29.8 Å². The molecular formula is C21H25N3O. The maximum atomic E-state index is 12.6. The van der Waals surface area contributed by atoms with Gasteiger partial charge in [-0.25, -0.2) is 4.98 Å². The molecule has 0 aliphatic heterocycles. The van der Waals surface area contributed by atoms with Crippen LogP contribution in [0.2, 0.25) is 0 Å². The fourth-order valence-electron chi connectivity index (χ4n) is 3.11. The lowest BCUT2D eigenvalue weighted by molar-refractivity contribution is 0.0937. The molecule has 1 N–H and O–H groups in total. The van der Waals surface area contributed by atoms with Crippen molar-refractivity contribution >= 4 is 16.9 Å². The van der Waals surface area contributed by atoms with Crippen LogP contribution in [0, 0.1) is 12.8 Å². The Labute approximate surface area is 148 Å². The molecule has 4 nitrogen and oxygen atoms in total. The van der Waals surface area contributed by atoms with Crippen molar-refractivity contribution in [2.45, 2.75) is 40.3 Å². The summed E-state index contributed by atoms with van der Waals surface area (Å²) < 4.78 is 2.22. The summed E-state index contributed by atoms with van der Waals surface area (Å²) >= 11 is 0. The summed E-state index contributed by atoms with van der Waals surface area (Å²) in [6, 6.07) is 15.6. The number of aromatic nitrogens is 2. The first-order valence-electron chi connectivity index (χ1n) is 8.78. The average Bonchev–Trinajstić information content (AvgIpc) is 2.93. The number of para-hydroxylation sites is 2. The number of imidazole rings is 1. The van der Waals surface area contributed by atoms with Crippen LogP contribution in [0.15, 0.2) is 48.5 Å². The van der Waals surface area contributed by atoms with Crippen LogP contribution in [0.3, 0.4) is 0 Å². The zero-order valence-corrected chi connectivity index (χ0v) is 15.3. The van der Waals surface area contributed by atoms with Gasteiger partial charge < -0.3 is 9.88 Å². The first kappa shape index (κ1) is 17.2. The van der Waals surface area contributed by atoms with Gasteiger partial charge in [0.2, 0.25) is 0 Å². The number of nitrogens with zero attached hydrogens (tertiary/aromatic N) is 2. The maximum absolute atomic E-state index is 12.6. The number of fused-ring (bicyclic) bond motifs is 1. The van der Waals surface area contributed by atoms with E-state index >= 15 is 0 Å². The molecule has 0 saturated heterocycles. The van der Waals surface area contributed by atoms with Crippen molar-refractivity contribution in [1.29, 1.82) is 0 Å². The van der Waals surface area contributed by atoms with E-state index in [1.165, 1.54) is 0 Å². The first-order valence-corrected chi connectivity index (χ1v) is 8.78. The van der Waals surface area contributed by atoms with Gasteiger partial charge in [0.15, 0.2) is 0 Å². The highest BCUT2D eigenvalue weighted by atomic mass is 16.1. The molecule has 3 aromatic rings. The van der Waals surface area contributed by atoms with Gasteiger partial charge in [0, 0.05) is 12.1 Å². The minimum Gasteiger partial charge on any atom is -0.342 e. The molecule has 0 saturated carbocycles. The Hall–Kier alpha value is -2.62. The molecule has 0 bridgehead atoms. The van der Waals surface area contributed by atoms with Gasteiger partial charge in [0.05, 0.1) is 17.1 Å². The van der Waals surface area contributed by atoms with E-state index < -0.39 is 0 Å². The number of carbonyl (C=O) groups excluding carboxylic acids is 1. The third-order valence-corrected chi connectivity index (χ3v) is 4.25. The molecule has 1 atom stereocenters. The Morgan fingerprint density at radius 3 is 2.60 bits per heavy atom. The molecule has 2 aromatic carbocycles. The Morgan fingerprint density at radius 1 is 1.12 bits per heavy atom. The lowest BCUT2D eigenvalue weighted by atomic mass is 10.1. The predicted molar refractivity (Wildman–Crippen MR) is 102 cm³/mol. The smallest absolute Gasteiger partial charge is 0.251 e. The number of rotatable bonds is 5. The zero-order chi connectivity index (χ0) is 18.0. The van der Waals surface area contributed by atoms with Crippen LogP contribution in [-0.4, -0.2) is 15.5 Å². The van der Waals surface area contributed by atoms with Crippen molar-refractivity contribution in [2.75, 3.05) is 0 Å². The summed E-state index contributed by atoms with van der Waals surface area (Å²) in [7, 11) is 0. The third kappa shape index (κ3) is 3.73. The molecule has 1 amide bonds. The van der Waals surface area contributed by atoms with E-state index in [9.17, 15) is 4.79 Å². The normalized spacial score (nSPS) is 12.5. The van der Waals surface area contributed by atoms with Crippen molar-refractivity contribution < 1.29 is 4.79 Å². The van der Waals surface area contributed by atoms with Crippen molar-refractivity contribution in [3.8, 4) is 0 Å². The quantitative estimate of drug-likeness (QED) is 0.746. The van der Waals surface area contributed by atoms with Gasteiger partial charge in [0.25, 0.3) is 5.91 Å². The second-order valence-corrected chi connectivity index (χ2v) is 7.03.